The molecule has 21 heavy (non-hydrogen) atoms. The number of carbonyl (C=O) groups is 2. The summed E-state index contributed by atoms with van der Waals surface area (Å²) in [6.45, 7) is 2.09. The van der Waals surface area contributed by atoms with Gasteiger partial charge in [-0.3, -0.25) is 9.59 Å². The molecule has 0 spiro atoms. The van der Waals surface area contributed by atoms with E-state index in [1.54, 1.807) is 47.9 Å². The molecule has 1 fully saturated rings. The Morgan fingerprint density at radius 3 is 3.00 bits per heavy atom. The molecule has 1 aliphatic rings. The molecule has 2 amide bonds. The molecule has 1 saturated heterocycles. The van der Waals surface area contributed by atoms with E-state index in [0.717, 1.165) is 5.76 Å². The van der Waals surface area contributed by atoms with Crippen LogP contribution < -0.4 is 0 Å². The summed E-state index contributed by atoms with van der Waals surface area (Å²) < 4.78 is 10.3. The Labute approximate surface area is 128 Å². The summed E-state index contributed by atoms with van der Waals surface area (Å²) in [6, 6.07) is 3.18. The van der Waals surface area contributed by atoms with Crippen molar-refractivity contribution in [3.8, 4) is 0 Å². The van der Waals surface area contributed by atoms with Crippen LogP contribution in [0.3, 0.4) is 0 Å². The third-order valence-electron chi connectivity index (χ3n) is 3.50. The largest absolute Gasteiger partial charge is 0.467 e. The molecular weight excluding hydrogens is 292 g/mol. The summed E-state index contributed by atoms with van der Waals surface area (Å²) in [5.41, 5.74) is 0. The van der Waals surface area contributed by atoms with Crippen LogP contribution >= 0.6 is 11.8 Å². The summed E-state index contributed by atoms with van der Waals surface area (Å²) >= 11 is 1.58. The molecule has 0 saturated carbocycles. The van der Waals surface area contributed by atoms with Gasteiger partial charge in [0.15, 0.2) is 0 Å². The number of hydrogen-bond donors (Lipinski definition) is 0. The number of carbonyl (C=O) groups excluding carboxylic acids is 2. The molecule has 1 aliphatic heterocycles. The lowest BCUT2D eigenvalue weighted by Gasteiger charge is -2.28. The molecule has 1 aromatic heterocycles. The fourth-order valence-electron chi connectivity index (χ4n) is 2.17. The van der Waals surface area contributed by atoms with Crippen LogP contribution in [0.15, 0.2) is 22.8 Å². The number of rotatable bonds is 5. The third-order valence-corrected chi connectivity index (χ3v) is 4.51. The predicted octanol–water partition coefficient (Wildman–Crippen LogP) is 1.17. The molecule has 2 rings (SSSR count). The Morgan fingerprint density at radius 2 is 2.38 bits per heavy atom. The van der Waals surface area contributed by atoms with Crippen molar-refractivity contribution in [2.75, 3.05) is 25.8 Å². The van der Waals surface area contributed by atoms with Crippen LogP contribution in [0.4, 0.5) is 0 Å². The van der Waals surface area contributed by atoms with Gasteiger partial charge >= 0.3 is 0 Å². The maximum atomic E-state index is 12.5. The Hall–Kier alpha value is -1.47. The Kier molecular flexibility index (Phi) is 5.30. The lowest BCUT2D eigenvalue weighted by atomic mass is 10.2. The highest BCUT2D eigenvalue weighted by molar-refractivity contribution is 7.99. The minimum atomic E-state index is -0.533. The van der Waals surface area contributed by atoms with Crippen LogP contribution in [0.1, 0.15) is 12.7 Å². The Morgan fingerprint density at radius 1 is 1.62 bits per heavy atom. The van der Waals surface area contributed by atoms with Gasteiger partial charge < -0.3 is 19.0 Å². The molecule has 0 bridgehead atoms. The van der Waals surface area contributed by atoms with E-state index >= 15 is 0 Å². The van der Waals surface area contributed by atoms with Crippen molar-refractivity contribution in [3.05, 3.63) is 24.2 Å². The monoisotopic (exact) mass is 312 g/mol. The second kappa shape index (κ2) is 7.00. The number of furan rings is 1. The fraction of sp³-hybridized carbons (Fsp3) is 0.571. The summed E-state index contributed by atoms with van der Waals surface area (Å²) in [7, 11) is 3.21. The number of thioether (sulfide) groups is 1. The Balaban J connectivity index is 2.01. The second-order valence-corrected chi connectivity index (χ2v) is 5.98. The van der Waals surface area contributed by atoms with Crippen LogP contribution in [-0.4, -0.2) is 59.5 Å². The van der Waals surface area contributed by atoms with E-state index in [2.05, 4.69) is 0 Å². The van der Waals surface area contributed by atoms with Crippen molar-refractivity contribution in [3.63, 3.8) is 0 Å². The van der Waals surface area contributed by atoms with E-state index in [1.807, 2.05) is 6.07 Å². The average Bonchev–Trinajstić information content (AvgIpc) is 3.15. The molecule has 0 radical (unpaired) electrons. The minimum absolute atomic E-state index is 0.0759. The van der Waals surface area contributed by atoms with Crippen molar-refractivity contribution in [1.82, 2.24) is 9.80 Å². The molecule has 2 heterocycles. The molecule has 2 atom stereocenters. The van der Waals surface area contributed by atoms with Gasteiger partial charge in [-0.25, -0.2) is 0 Å². The van der Waals surface area contributed by atoms with Crippen LogP contribution in [0.25, 0.3) is 0 Å². The lowest BCUT2D eigenvalue weighted by Crippen LogP contribution is -2.50. The lowest BCUT2D eigenvalue weighted by molar-refractivity contribution is -0.148. The zero-order valence-corrected chi connectivity index (χ0v) is 13.3. The summed E-state index contributed by atoms with van der Waals surface area (Å²) in [6.07, 6.45) is 1.05. The first-order valence-corrected chi connectivity index (χ1v) is 7.88. The van der Waals surface area contributed by atoms with Gasteiger partial charge in [0.05, 0.1) is 18.7 Å². The number of amides is 2. The highest BCUT2D eigenvalue weighted by atomic mass is 32.2. The highest BCUT2D eigenvalue weighted by Gasteiger charge is 2.37. The first-order chi connectivity index (χ1) is 10.0. The first kappa shape index (κ1) is 15.9. The molecule has 0 N–H and O–H groups in total. The van der Waals surface area contributed by atoms with Crippen LogP contribution in [0, 0.1) is 0 Å². The third kappa shape index (κ3) is 3.59. The summed E-state index contributed by atoms with van der Waals surface area (Å²) in [5, 5.41) is 0. The van der Waals surface area contributed by atoms with Crippen LogP contribution in [0.5, 0.6) is 0 Å². The predicted molar refractivity (Wildman–Crippen MR) is 79.6 cm³/mol. The number of nitrogens with zero attached hydrogens (tertiary/aromatic N) is 2. The van der Waals surface area contributed by atoms with E-state index in [4.69, 9.17) is 9.15 Å². The molecule has 116 valence electrons. The van der Waals surface area contributed by atoms with Gasteiger partial charge in [0.25, 0.3) is 5.91 Å². The van der Waals surface area contributed by atoms with Gasteiger partial charge in [-0.05, 0) is 19.1 Å². The second-order valence-electron chi connectivity index (χ2n) is 4.98. The van der Waals surface area contributed by atoms with Crippen LogP contribution in [-0.2, 0) is 20.9 Å². The van der Waals surface area contributed by atoms with Crippen molar-refractivity contribution in [2.24, 2.45) is 0 Å². The molecule has 0 unspecified atom stereocenters. The SMILES string of the molecule is CO[C@H](C)C(=O)N1CSC[C@H]1C(=O)N(C)Cc1ccco1. The number of ether oxygens (including phenoxy) is 1. The minimum Gasteiger partial charge on any atom is -0.467 e. The summed E-state index contributed by atoms with van der Waals surface area (Å²) in [5.74, 6) is 1.64. The zero-order chi connectivity index (χ0) is 15.4. The molecule has 7 heteroatoms. The van der Waals surface area contributed by atoms with Crippen molar-refractivity contribution < 1.29 is 18.7 Å². The van der Waals surface area contributed by atoms with Gasteiger partial charge in [0.2, 0.25) is 5.91 Å². The molecule has 1 aromatic rings. The first-order valence-electron chi connectivity index (χ1n) is 6.73. The molecule has 0 aliphatic carbocycles. The van der Waals surface area contributed by atoms with Gasteiger partial charge in [-0.1, -0.05) is 0 Å². The van der Waals surface area contributed by atoms with E-state index in [1.165, 1.54) is 7.11 Å². The van der Waals surface area contributed by atoms with E-state index in [0.29, 0.717) is 18.2 Å². The van der Waals surface area contributed by atoms with E-state index < -0.39 is 12.1 Å². The van der Waals surface area contributed by atoms with Crippen molar-refractivity contribution in [2.45, 2.75) is 25.6 Å². The maximum absolute atomic E-state index is 12.5. The normalized spacial score (nSPS) is 19.6. The average molecular weight is 312 g/mol. The standard InChI is InChI=1S/C14H20N2O4S/c1-10(19-3)13(17)16-9-21-8-12(16)14(18)15(2)7-11-5-4-6-20-11/h4-6,10,12H,7-9H2,1-3H3/t10-,12+/m1/s1. The molecule has 0 aromatic carbocycles. The van der Waals surface area contributed by atoms with Crippen molar-refractivity contribution >= 4 is 23.6 Å². The molecule has 6 nitrogen and oxygen atoms in total. The van der Waals surface area contributed by atoms with E-state index in [-0.39, 0.29) is 11.8 Å². The zero-order valence-electron chi connectivity index (χ0n) is 12.4. The highest BCUT2D eigenvalue weighted by Crippen LogP contribution is 2.24. The maximum Gasteiger partial charge on any atom is 0.252 e. The Bertz CT molecular complexity index is 491. The number of hydrogen-bond acceptors (Lipinski definition) is 5. The van der Waals surface area contributed by atoms with Gasteiger partial charge in [-0.2, -0.15) is 0 Å². The topological polar surface area (TPSA) is 63.0 Å². The number of methoxy groups -OCH3 is 1. The van der Waals surface area contributed by atoms with Crippen LogP contribution in [0.2, 0.25) is 0 Å². The summed E-state index contributed by atoms with van der Waals surface area (Å²) in [4.78, 5) is 28.0. The fourth-order valence-corrected chi connectivity index (χ4v) is 3.32. The van der Waals surface area contributed by atoms with Gasteiger partial charge in [-0.15, -0.1) is 11.8 Å². The van der Waals surface area contributed by atoms with Gasteiger partial charge in [0, 0.05) is 19.9 Å². The smallest absolute Gasteiger partial charge is 0.252 e. The number of likely N-dealkylation sites (N-methyl/N-ethyl adjacent to an activating group) is 1. The van der Waals surface area contributed by atoms with Crippen molar-refractivity contribution in [1.29, 1.82) is 0 Å². The quantitative estimate of drug-likeness (QED) is 0.817. The van der Waals surface area contributed by atoms with Gasteiger partial charge in [0.1, 0.15) is 17.9 Å². The van der Waals surface area contributed by atoms with E-state index in [9.17, 15) is 9.59 Å². The molecular formula is C14H20N2O4S.